The molecule has 5 heteroatoms. The average molecular weight is 187 g/mol. The number of nitrogens with two attached hydrogens (primary N) is 2. The summed E-state index contributed by atoms with van der Waals surface area (Å²) >= 11 is 1.43. The molecule has 0 aliphatic carbocycles. The first kappa shape index (κ1) is 9.60. The number of aryl methyl sites for hydroxylation is 1. The Morgan fingerprint density at radius 1 is 1.67 bits per heavy atom. The quantitative estimate of drug-likeness (QED) is 0.617. The van der Waals surface area contributed by atoms with Gasteiger partial charge in [-0.1, -0.05) is 0 Å². The van der Waals surface area contributed by atoms with E-state index in [9.17, 15) is 0 Å². The van der Waals surface area contributed by atoms with Crippen LogP contribution in [0.25, 0.3) is 0 Å². The average Bonchev–Trinajstić information content (AvgIpc) is 2.45. The Labute approximate surface area is 75.2 Å². The summed E-state index contributed by atoms with van der Waals surface area (Å²) in [6.07, 6.45) is 0. The second-order valence-corrected chi connectivity index (χ2v) is 3.68. The SMILES string of the molecule is Cc1nc([C@H](N)CN)sc1CO. The molecule has 5 N–H and O–H groups in total. The first-order valence-corrected chi connectivity index (χ1v) is 4.53. The topological polar surface area (TPSA) is 85.2 Å². The maximum atomic E-state index is 8.88. The zero-order valence-electron chi connectivity index (χ0n) is 6.95. The molecular weight excluding hydrogens is 174 g/mol. The number of hydrogen-bond acceptors (Lipinski definition) is 5. The highest BCUT2D eigenvalue weighted by Crippen LogP contribution is 2.21. The van der Waals surface area contributed by atoms with Crippen LogP contribution in [0, 0.1) is 6.92 Å². The van der Waals surface area contributed by atoms with Crippen LogP contribution in [0.1, 0.15) is 21.6 Å². The van der Waals surface area contributed by atoms with E-state index in [-0.39, 0.29) is 12.6 Å². The maximum Gasteiger partial charge on any atom is 0.111 e. The van der Waals surface area contributed by atoms with E-state index in [2.05, 4.69) is 4.98 Å². The van der Waals surface area contributed by atoms with Crippen molar-refractivity contribution >= 4 is 11.3 Å². The molecule has 0 saturated carbocycles. The van der Waals surface area contributed by atoms with Crippen LogP contribution < -0.4 is 11.5 Å². The minimum Gasteiger partial charge on any atom is -0.391 e. The summed E-state index contributed by atoms with van der Waals surface area (Å²) in [7, 11) is 0. The van der Waals surface area contributed by atoms with Gasteiger partial charge < -0.3 is 16.6 Å². The van der Waals surface area contributed by atoms with E-state index in [0.29, 0.717) is 6.54 Å². The highest BCUT2D eigenvalue weighted by atomic mass is 32.1. The van der Waals surface area contributed by atoms with Crippen LogP contribution in [-0.2, 0) is 6.61 Å². The second-order valence-electron chi connectivity index (χ2n) is 2.56. The summed E-state index contributed by atoms with van der Waals surface area (Å²) in [4.78, 5) is 5.08. The third-order valence-electron chi connectivity index (χ3n) is 1.62. The van der Waals surface area contributed by atoms with Crippen molar-refractivity contribution in [3.05, 3.63) is 15.6 Å². The lowest BCUT2D eigenvalue weighted by atomic mass is 10.3. The molecule has 1 aromatic heterocycles. The van der Waals surface area contributed by atoms with Gasteiger partial charge in [0, 0.05) is 6.54 Å². The Bertz CT molecular complexity index is 261. The molecule has 1 rings (SSSR count). The molecule has 1 atom stereocenters. The van der Waals surface area contributed by atoms with Crippen LogP contribution in [0.3, 0.4) is 0 Å². The van der Waals surface area contributed by atoms with Crippen LogP contribution in [0.5, 0.6) is 0 Å². The number of aromatic nitrogens is 1. The Hall–Kier alpha value is -0.490. The van der Waals surface area contributed by atoms with Gasteiger partial charge in [0.05, 0.1) is 23.2 Å². The largest absolute Gasteiger partial charge is 0.391 e. The number of rotatable bonds is 3. The van der Waals surface area contributed by atoms with E-state index in [4.69, 9.17) is 16.6 Å². The van der Waals surface area contributed by atoms with Gasteiger partial charge in [-0.15, -0.1) is 11.3 Å². The summed E-state index contributed by atoms with van der Waals surface area (Å²) < 4.78 is 0. The van der Waals surface area contributed by atoms with Crippen molar-refractivity contribution in [2.24, 2.45) is 11.5 Å². The molecule has 0 saturated heterocycles. The van der Waals surface area contributed by atoms with Crippen LogP contribution in [0.4, 0.5) is 0 Å². The minimum absolute atomic E-state index is 0.0286. The van der Waals surface area contributed by atoms with Crippen molar-refractivity contribution in [3.8, 4) is 0 Å². The van der Waals surface area contributed by atoms with Crippen molar-refractivity contribution in [3.63, 3.8) is 0 Å². The fraction of sp³-hybridized carbons (Fsp3) is 0.571. The summed E-state index contributed by atoms with van der Waals surface area (Å²) in [5.41, 5.74) is 11.9. The minimum atomic E-state index is -0.200. The second kappa shape index (κ2) is 3.95. The zero-order valence-corrected chi connectivity index (χ0v) is 7.77. The Balaban J connectivity index is 2.88. The normalized spacial score (nSPS) is 13.3. The molecule has 0 aromatic carbocycles. The molecule has 0 radical (unpaired) electrons. The molecule has 0 fully saturated rings. The molecule has 0 spiro atoms. The van der Waals surface area contributed by atoms with Crippen molar-refractivity contribution < 1.29 is 5.11 Å². The summed E-state index contributed by atoms with van der Waals surface area (Å²) in [5, 5.41) is 9.69. The summed E-state index contributed by atoms with van der Waals surface area (Å²) in [6, 6.07) is -0.200. The number of aliphatic hydroxyl groups excluding tert-OH is 1. The monoisotopic (exact) mass is 187 g/mol. The van der Waals surface area contributed by atoms with Crippen LogP contribution in [-0.4, -0.2) is 16.6 Å². The lowest BCUT2D eigenvalue weighted by molar-refractivity contribution is 0.284. The van der Waals surface area contributed by atoms with Gasteiger partial charge >= 0.3 is 0 Å². The third kappa shape index (κ3) is 1.81. The molecule has 1 aromatic rings. The predicted molar refractivity (Wildman–Crippen MR) is 48.8 cm³/mol. The fourth-order valence-electron chi connectivity index (χ4n) is 0.857. The standard InChI is InChI=1S/C7H13N3OS/c1-4-6(3-11)12-7(10-4)5(9)2-8/h5,11H,2-3,8-9H2,1H3/t5-/m1/s1. The molecule has 0 aliphatic rings. The fourth-order valence-corrected chi connectivity index (χ4v) is 1.80. The van der Waals surface area contributed by atoms with Crippen LogP contribution in [0.2, 0.25) is 0 Å². The molecule has 4 nitrogen and oxygen atoms in total. The molecule has 0 bridgehead atoms. The van der Waals surface area contributed by atoms with Crippen molar-refractivity contribution in [2.45, 2.75) is 19.6 Å². The first-order valence-electron chi connectivity index (χ1n) is 3.71. The highest BCUT2D eigenvalue weighted by molar-refractivity contribution is 7.11. The van der Waals surface area contributed by atoms with Crippen LogP contribution >= 0.6 is 11.3 Å². The zero-order chi connectivity index (χ0) is 9.14. The van der Waals surface area contributed by atoms with Crippen molar-refractivity contribution in [2.75, 3.05) is 6.54 Å². The van der Waals surface area contributed by atoms with Gasteiger partial charge in [0.15, 0.2) is 0 Å². The van der Waals surface area contributed by atoms with Crippen molar-refractivity contribution in [1.29, 1.82) is 0 Å². The summed E-state index contributed by atoms with van der Waals surface area (Å²) in [5.74, 6) is 0. The van der Waals surface area contributed by atoms with Gasteiger partial charge in [-0.05, 0) is 6.92 Å². The van der Waals surface area contributed by atoms with Gasteiger partial charge in [0.1, 0.15) is 5.01 Å². The van der Waals surface area contributed by atoms with E-state index >= 15 is 0 Å². The van der Waals surface area contributed by atoms with Crippen molar-refractivity contribution in [1.82, 2.24) is 4.98 Å². The predicted octanol–water partition coefficient (Wildman–Crippen LogP) is -0.0977. The van der Waals surface area contributed by atoms with E-state index < -0.39 is 0 Å². The third-order valence-corrected chi connectivity index (χ3v) is 2.90. The van der Waals surface area contributed by atoms with E-state index in [1.54, 1.807) is 0 Å². The summed E-state index contributed by atoms with van der Waals surface area (Å²) in [6.45, 7) is 2.27. The van der Waals surface area contributed by atoms with E-state index in [0.717, 1.165) is 15.6 Å². The number of hydrogen-bond donors (Lipinski definition) is 3. The lowest BCUT2D eigenvalue weighted by Crippen LogP contribution is -2.20. The maximum absolute atomic E-state index is 8.88. The molecule has 12 heavy (non-hydrogen) atoms. The molecule has 0 aliphatic heterocycles. The Morgan fingerprint density at radius 3 is 2.75 bits per heavy atom. The molecule has 1 heterocycles. The van der Waals surface area contributed by atoms with Gasteiger partial charge in [-0.3, -0.25) is 0 Å². The van der Waals surface area contributed by atoms with Crippen LogP contribution in [0.15, 0.2) is 0 Å². The Kier molecular flexibility index (Phi) is 3.16. The van der Waals surface area contributed by atoms with Gasteiger partial charge in [-0.2, -0.15) is 0 Å². The van der Waals surface area contributed by atoms with Gasteiger partial charge in [0.25, 0.3) is 0 Å². The Morgan fingerprint density at radius 2 is 2.33 bits per heavy atom. The number of aliphatic hydroxyl groups is 1. The van der Waals surface area contributed by atoms with Gasteiger partial charge in [-0.25, -0.2) is 4.98 Å². The van der Waals surface area contributed by atoms with E-state index in [1.807, 2.05) is 6.92 Å². The molecular formula is C7H13N3OS. The first-order chi connectivity index (χ1) is 5.69. The van der Waals surface area contributed by atoms with Gasteiger partial charge in [0.2, 0.25) is 0 Å². The lowest BCUT2D eigenvalue weighted by Gasteiger charge is -2.01. The number of thiazole rings is 1. The number of nitrogens with zero attached hydrogens (tertiary/aromatic N) is 1. The smallest absolute Gasteiger partial charge is 0.111 e. The molecule has 0 amide bonds. The van der Waals surface area contributed by atoms with E-state index in [1.165, 1.54) is 11.3 Å². The highest BCUT2D eigenvalue weighted by Gasteiger charge is 2.11. The molecule has 68 valence electrons. The molecule has 0 unspecified atom stereocenters.